The van der Waals surface area contributed by atoms with Gasteiger partial charge in [-0.15, -0.1) is 0 Å². The van der Waals surface area contributed by atoms with Crippen LogP contribution in [0.2, 0.25) is 0 Å². The van der Waals surface area contributed by atoms with Gasteiger partial charge in [0.05, 0.1) is 30.0 Å². The number of halogens is 3. The molecule has 8 nitrogen and oxygen atoms in total. The van der Waals surface area contributed by atoms with Crippen LogP contribution in [0.15, 0.2) is 54.7 Å². The van der Waals surface area contributed by atoms with Gasteiger partial charge >= 0.3 is 6.18 Å². The third kappa shape index (κ3) is 6.15. The molecule has 11 heteroatoms. The molecular weight excluding hydrogens is 579 g/mol. The number of rotatable bonds is 8. The van der Waals surface area contributed by atoms with Gasteiger partial charge in [-0.1, -0.05) is 62.4 Å². The van der Waals surface area contributed by atoms with Gasteiger partial charge in [-0.2, -0.15) is 13.2 Å². The third-order valence-electron chi connectivity index (χ3n) is 9.22. The van der Waals surface area contributed by atoms with Crippen LogP contribution < -0.4 is 5.32 Å². The molecule has 0 radical (unpaired) electrons. The molecule has 4 heterocycles. The Balaban J connectivity index is 1.18. The second kappa shape index (κ2) is 12.4. The monoisotopic (exact) mass is 619 g/mol. The van der Waals surface area contributed by atoms with E-state index in [2.05, 4.69) is 25.3 Å². The van der Waals surface area contributed by atoms with Gasteiger partial charge in [0.15, 0.2) is 0 Å². The van der Waals surface area contributed by atoms with Crippen molar-refractivity contribution >= 4 is 5.91 Å². The Bertz CT molecular complexity index is 1620. The summed E-state index contributed by atoms with van der Waals surface area (Å²) in [5, 5.41) is 3.16. The topological polar surface area (TPSA) is 92.9 Å². The summed E-state index contributed by atoms with van der Waals surface area (Å²) in [4.78, 5) is 32.3. The zero-order valence-electron chi connectivity index (χ0n) is 26.1. The number of imidazole rings is 2. The zero-order chi connectivity index (χ0) is 31.9. The van der Waals surface area contributed by atoms with Gasteiger partial charge in [0.25, 0.3) is 0 Å². The van der Waals surface area contributed by atoms with E-state index in [0.717, 1.165) is 60.4 Å². The quantitative estimate of drug-likeness (QED) is 0.201. The van der Waals surface area contributed by atoms with E-state index in [1.807, 2.05) is 74.1 Å². The van der Waals surface area contributed by atoms with E-state index in [1.165, 1.54) is 0 Å². The Morgan fingerprint density at radius 1 is 0.889 bits per heavy atom. The molecule has 4 aromatic rings. The van der Waals surface area contributed by atoms with E-state index >= 15 is 0 Å². The number of H-pyrrole nitrogens is 2. The molecule has 6 rings (SSSR count). The molecule has 2 saturated heterocycles. The predicted octanol–water partition coefficient (Wildman–Crippen LogP) is 6.83. The van der Waals surface area contributed by atoms with Crippen LogP contribution in [0.4, 0.5) is 13.2 Å². The summed E-state index contributed by atoms with van der Waals surface area (Å²) in [5.41, 5.74) is 3.20. The first kappa shape index (κ1) is 31.0. The van der Waals surface area contributed by atoms with Crippen molar-refractivity contribution in [2.24, 2.45) is 5.92 Å². The normalized spacial score (nSPS) is 20.0. The molecule has 1 unspecified atom stereocenters. The van der Waals surface area contributed by atoms with Crippen molar-refractivity contribution in [1.82, 2.24) is 35.1 Å². The summed E-state index contributed by atoms with van der Waals surface area (Å²) in [6.45, 7) is 5.64. The number of carbonyl (C=O) groups excluding carboxylic acids is 1. The number of carbonyl (C=O) groups is 1. The Kier molecular flexibility index (Phi) is 8.58. The summed E-state index contributed by atoms with van der Waals surface area (Å²) in [6, 6.07) is 14.6. The number of hydrogen-bond acceptors (Lipinski definition) is 5. The number of nitrogens with zero attached hydrogens (tertiary/aromatic N) is 4. The molecule has 2 aliphatic heterocycles. The van der Waals surface area contributed by atoms with Crippen molar-refractivity contribution < 1.29 is 18.0 Å². The molecule has 45 heavy (non-hydrogen) atoms. The fourth-order valence-electron chi connectivity index (χ4n) is 6.77. The van der Waals surface area contributed by atoms with Crippen molar-refractivity contribution in [3.8, 4) is 33.6 Å². The molecule has 3 atom stereocenters. The summed E-state index contributed by atoms with van der Waals surface area (Å²) in [5.74, 6) is 1.44. The van der Waals surface area contributed by atoms with Crippen molar-refractivity contribution in [2.75, 3.05) is 27.2 Å². The Morgan fingerprint density at radius 2 is 1.49 bits per heavy atom. The number of hydrogen-bond donors (Lipinski definition) is 3. The minimum Gasteiger partial charge on any atom is -0.340 e. The number of likely N-dealkylation sites (tertiary alicyclic amines) is 2. The first-order chi connectivity index (χ1) is 21.5. The summed E-state index contributed by atoms with van der Waals surface area (Å²) < 4.78 is 41.9. The smallest absolute Gasteiger partial charge is 0.340 e. The zero-order valence-corrected chi connectivity index (χ0v) is 26.1. The lowest BCUT2D eigenvalue weighted by Crippen LogP contribution is -2.47. The fourth-order valence-corrected chi connectivity index (χ4v) is 6.77. The lowest BCUT2D eigenvalue weighted by atomic mass is 10.0. The third-order valence-corrected chi connectivity index (χ3v) is 9.22. The van der Waals surface area contributed by atoms with E-state index in [9.17, 15) is 18.0 Å². The maximum Gasteiger partial charge on any atom is 0.433 e. The lowest BCUT2D eigenvalue weighted by Gasteiger charge is -2.29. The second-order valence-electron chi connectivity index (χ2n) is 12.5. The first-order valence-corrected chi connectivity index (χ1v) is 15.7. The Labute approximate surface area is 261 Å². The molecule has 3 N–H and O–H groups in total. The van der Waals surface area contributed by atoms with E-state index in [4.69, 9.17) is 0 Å². The SMILES string of the molecule is CNC(C(=O)N1CCC[C@H]1c1ncc(-c2ccc(-c3ccc(-c4nc([C@@H]5CCCN5C)[nH]c4C(F)(F)F)cc3)cc2)[nH]1)C(C)C. The average molecular weight is 620 g/mol. The van der Waals surface area contributed by atoms with Crippen LogP contribution in [0, 0.1) is 5.92 Å². The van der Waals surface area contributed by atoms with Crippen molar-refractivity contribution in [3.63, 3.8) is 0 Å². The van der Waals surface area contributed by atoms with E-state index in [0.29, 0.717) is 17.9 Å². The summed E-state index contributed by atoms with van der Waals surface area (Å²) >= 11 is 0. The van der Waals surface area contributed by atoms with Crippen molar-refractivity contribution in [3.05, 3.63) is 72.1 Å². The highest BCUT2D eigenvalue weighted by Crippen LogP contribution is 2.39. The van der Waals surface area contributed by atoms with Gasteiger partial charge in [0.2, 0.25) is 5.91 Å². The van der Waals surface area contributed by atoms with Crippen molar-refractivity contribution in [2.45, 2.75) is 63.8 Å². The fraction of sp³-hybridized carbons (Fsp3) is 0.441. The maximum absolute atomic E-state index is 14.0. The van der Waals surface area contributed by atoms with Crippen LogP contribution in [0.1, 0.15) is 69.0 Å². The Morgan fingerprint density at radius 3 is 2.07 bits per heavy atom. The van der Waals surface area contributed by atoms with Gasteiger partial charge < -0.3 is 20.2 Å². The molecule has 2 aliphatic rings. The highest BCUT2D eigenvalue weighted by molar-refractivity contribution is 5.83. The molecule has 2 aromatic carbocycles. The van der Waals surface area contributed by atoms with Gasteiger partial charge in [-0.3, -0.25) is 9.69 Å². The van der Waals surface area contributed by atoms with Gasteiger partial charge in [-0.25, -0.2) is 9.97 Å². The van der Waals surface area contributed by atoms with Gasteiger partial charge in [0, 0.05) is 12.1 Å². The number of nitrogens with one attached hydrogen (secondary N) is 3. The highest BCUT2D eigenvalue weighted by atomic mass is 19.4. The average Bonchev–Trinajstić information content (AvgIpc) is 3.83. The van der Waals surface area contributed by atoms with E-state index < -0.39 is 11.9 Å². The molecule has 0 spiro atoms. The molecule has 0 aliphatic carbocycles. The predicted molar refractivity (Wildman–Crippen MR) is 168 cm³/mol. The van der Waals surface area contributed by atoms with Crippen LogP contribution in [0.25, 0.3) is 33.6 Å². The molecular formula is C34H40F3N7O. The minimum atomic E-state index is -4.53. The van der Waals surface area contributed by atoms with Crippen LogP contribution in [0.3, 0.4) is 0 Å². The standard InChI is InChI=1S/C34H40F3N7O/c1-20(2)28(38-3)33(45)44-18-6-8-27(44)31-39-19-25(40-31)23-13-9-21(10-14-23)22-11-15-24(16-12-22)29-30(34(35,36)37)42-32(41-29)26-7-5-17-43(26)4/h9-16,19-20,26-28,38H,5-8,17-18H2,1-4H3,(H,39,40)(H,41,42)/t26-,27-,28?/m0/s1. The number of aromatic nitrogens is 4. The number of benzene rings is 2. The largest absolute Gasteiger partial charge is 0.433 e. The summed E-state index contributed by atoms with van der Waals surface area (Å²) in [6.07, 6.45) is 0.785. The number of alkyl halides is 3. The van der Waals surface area contributed by atoms with E-state index in [-0.39, 0.29) is 35.6 Å². The van der Waals surface area contributed by atoms with Crippen LogP contribution in [0.5, 0.6) is 0 Å². The molecule has 0 bridgehead atoms. The minimum absolute atomic E-state index is 0.0667. The molecule has 0 saturated carbocycles. The molecule has 1 amide bonds. The Hall–Kier alpha value is -3.96. The first-order valence-electron chi connectivity index (χ1n) is 15.7. The van der Waals surface area contributed by atoms with Crippen LogP contribution in [-0.2, 0) is 11.0 Å². The molecule has 2 fully saturated rings. The number of aromatic amines is 2. The number of amides is 1. The maximum atomic E-state index is 14.0. The molecule has 238 valence electrons. The summed E-state index contributed by atoms with van der Waals surface area (Å²) in [7, 11) is 3.74. The molecule has 2 aromatic heterocycles. The number of likely N-dealkylation sites (N-methyl/N-ethyl adjacent to an activating group) is 1. The van der Waals surface area contributed by atoms with E-state index in [1.54, 1.807) is 18.3 Å². The van der Waals surface area contributed by atoms with Crippen LogP contribution in [-0.4, -0.2) is 68.9 Å². The van der Waals surface area contributed by atoms with Crippen molar-refractivity contribution in [1.29, 1.82) is 0 Å². The van der Waals surface area contributed by atoms with Gasteiger partial charge in [-0.05, 0) is 68.9 Å². The highest BCUT2D eigenvalue weighted by Gasteiger charge is 2.39. The van der Waals surface area contributed by atoms with Gasteiger partial charge in [0.1, 0.15) is 23.0 Å². The second-order valence-corrected chi connectivity index (χ2v) is 12.5. The van der Waals surface area contributed by atoms with Crippen LogP contribution >= 0.6 is 0 Å². The lowest BCUT2D eigenvalue weighted by molar-refractivity contribution is -0.140.